The van der Waals surface area contributed by atoms with Crippen molar-refractivity contribution in [1.29, 1.82) is 0 Å². The van der Waals surface area contributed by atoms with E-state index < -0.39 is 37.1 Å². The summed E-state index contributed by atoms with van der Waals surface area (Å²) in [5.74, 6) is -0.733. The lowest BCUT2D eigenvalue weighted by atomic mass is 9.72. The van der Waals surface area contributed by atoms with E-state index >= 15 is 0 Å². The molecular formula is C47H56Cl2N10O8S2. The summed E-state index contributed by atoms with van der Waals surface area (Å²) in [5, 5.41) is 4.33. The number of allylic oxidation sites excluding steroid dienone is 1. The second kappa shape index (κ2) is 20.9. The number of hydrogen-bond acceptors (Lipinski definition) is 13. The number of fused-ring (bicyclic) bond motifs is 1. The predicted molar refractivity (Wildman–Crippen MR) is 267 cm³/mol. The zero-order valence-electron chi connectivity index (χ0n) is 38.8. The monoisotopic (exact) mass is 1020 g/mol. The van der Waals surface area contributed by atoms with Crippen LogP contribution in [-0.2, 0) is 25.0 Å². The highest BCUT2D eigenvalue weighted by molar-refractivity contribution is 8.04. The van der Waals surface area contributed by atoms with E-state index in [0.717, 1.165) is 62.2 Å². The minimum Gasteiger partial charge on any atom is -0.455 e. The summed E-state index contributed by atoms with van der Waals surface area (Å²) < 4.78 is 69.0. The van der Waals surface area contributed by atoms with Crippen molar-refractivity contribution < 1.29 is 35.9 Å². The Balaban J connectivity index is 0.941. The molecule has 3 amide bonds. The van der Waals surface area contributed by atoms with Gasteiger partial charge in [0, 0.05) is 94.0 Å². The number of anilines is 2. The van der Waals surface area contributed by atoms with Crippen molar-refractivity contribution in [3.05, 3.63) is 106 Å². The molecule has 2 fully saturated rings. The van der Waals surface area contributed by atoms with E-state index in [-0.39, 0.29) is 45.9 Å². The number of urea groups is 1. The largest absolute Gasteiger partial charge is 0.455 e. The van der Waals surface area contributed by atoms with Crippen LogP contribution in [0.3, 0.4) is 0 Å². The smallest absolute Gasteiger partial charge is 0.319 e. The highest BCUT2D eigenvalue weighted by atomic mass is 35.5. The number of morpholine rings is 1. The van der Waals surface area contributed by atoms with Gasteiger partial charge >= 0.3 is 16.2 Å². The van der Waals surface area contributed by atoms with Crippen LogP contribution in [0.5, 0.6) is 11.5 Å². The quantitative estimate of drug-likeness (QED) is 0.0835. The molecule has 2 aliphatic heterocycles. The Kier molecular flexibility index (Phi) is 15.1. The molecule has 3 aliphatic rings. The van der Waals surface area contributed by atoms with Gasteiger partial charge in [-0.3, -0.25) is 9.69 Å². The van der Waals surface area contributed by atoms with Gasteiger partial charge in [0.25, 0.3) is 15.9 Å². The SMILES string of the molecule is CCN(C)C(=O)N1CCOC(CNc2ncc(S(=O)(=O)NS(=O)(=O)NC(=O)c3ccc(N4CCN(CC5=C(c6ccc(Cl)cc6)CC(C)(C)CC5)CC4)cc3Oc3cnc4[nH]ccc4c3)cc2Cl)C1. The van der Waals surface area contributed by atoms with Crippen LogP contribution in [0.2, 0.25) is 10.0 Å². The highest BCUT2D eigenvalue weighted by Gasteiger charge is 2.32. The summed E-state index contributed by atoms with van der Waals surface area (Å²) in [6.45, 7) is 12.1. The van der Waals surface area contributed by atoms with E-state index in [1.807, 2.05) is 29.8 Å². The molecule has 8 rings (SSSR count). The van der Waals surface area contributed by atoms with Gasteiger partial charge in [-0.2, -0.15) is 8.42 Å². The molecule has 3 aromatic heterocycles. The molecular weight excluding hydrogens is 968 g/mol. The normalized spacial score (nSPS) is 18.0. The summed E-state index contributed by atoms with van der Waals surface area (Å²) in [6.07, 6.45) is 6.85. The van der Waals surface area contributed by atoms with Crippen molar-refractivity contribution in [2.24, 2.45) is 5.41 Å². The number of H-pyrrole nitrogens is 1. The van der Waals surface area contributed by atoms with Gasteiger partial charge in [-0.1, -0.05) is 58.9 Å². The molecule has 1 atom stereocenters. The number of sulfonamides is 1. The number of nitrogens with one attached hydrogen (secondary N) is 4. The van der Waals surface area contributed by atoms with Gasteiger partial charge < -0.3 is 34.5 Å². The molecule has 0 spiro atoms. The first-order chi connectivity index (χ1) is 32.8. The molecule has 22 heteroatoms. The lowest BCUT2D eigenvalue weighted by Gasteiger charge is -2.39. The van der Waals surface area contributed by atoms with E-state index in [4.69, 9.17) is 32.7 Å². The molecule has 0 saturated carbocycles. The van der Waals surface area contributed by atoms with E-state index in [1.54, 1.807) is 45.4 Å². The first-order valence-corrected chi connectivity index (χ1v) is 26.4. The second-order valence-corrected chi connectivity index (χ2v) is 22.4. The number of halogens is 2. The first kappa shape index (κ1) is 49.9. The van der Waals surface area contributed by atoms with Crippen LogP contribution < -0.4 is 23.8 Å². The third kappa shape index (κ3) is 12.3. The number of nitrogens with zero attached hydrogens (tertiary/aromatic N) is 6. The second-order valence-electron chi connectivity index (χ2n) is 18.2. The topological polar surface area (TPSA) is 211 Å². The lowest BCUT2D eigenvalue weighted by Crippen LogP contribution is -2.51. The number of benzene rings is 2. The van der Waals surface area contributed by atoms with Crippen LogP contribution in [0.1, 0.15) is 56.0 Å². The standard InChI is InChI=1S/C47H56Cl2N10O8S2/c1-5-56(4)46(61)59-20-21-66-37(30-59)27-52-44-41(49)24-38(28-53-44)68(62,63)55-69(64,65)54-45(60)39-11-10-35(23-42(39)67-36-22-32-13-15-50-43(32)51-26-36)58-18-16-57(17-19-58)29-33-12-14-47(2,3)25-40(33)31-6-8-34(48)9-7-31/h6-11,13,15,22-24,26,28,37,55H,5,12,14,16-21,25,27,29-30H2,1-4H3,(H,50,51)(H,52,53)(H,54,60). The van der Waals surface area contributed by atoms with Crippen molar-refractivity contribution in [2.45, 2.75) is 51.0 Å². The fourth-order valence-electron chi connectivity index (χ4n) is 8.67. The molecule has 2 aromatic carbocycles. The number of carbonyl (C=O) groups is 2. The van der Waals surface area contributed by atoms with Crippen molar-refractivity contribution in [1.82, 2.24) is 38.5 Å². The Morgan fingerprint density at radius 2 is 1.74 bits per heavy atom. The van der Waals surface area contributed by atoms with E-state index in [0.29, 0.717) is 50.0 Å². The fraction of sp³-hybridized carbons (Fsp3) is 0.404. The Labute approximate surface area is 412 Å². The van der Waals surface area contributed by atoms with Crippen molar-refractivity contribution in [3.63, 3.8) is 0 Å². The summed E-state index contributed by atoms with van der Waals surface area (Å²) in [7, 11) is -8.20. The third-order valence-electron chi connectivity index (χ3n) is 12.6. The van der Waals surface area contributed by atoms with Crippen LogP contribution in [0.25, 0.3) is 16.6 Å². The average molecular weight is 1020 g/mol. The zero-order valence-corrected chi connectivity index (χ0v) is 41.9. The number of piperazine rings is 1. The molecule has 1 aliphatic carbocycles. The molecule has 0 radical (unpaired) electrons. The minimum absolute atomic E-state index is 0.0232. The Morgan fingerprint density at radius 3 is 2.48 bits per heavy atom. The summed E-state index contributed by atoms with van der Waals surface area (Å²) in [5.41, 5.74) is 5.42. The zero-order chi connectivity index (χ0) is 49.1. The van der Waals surface area contributed by atoms with E-state index in [2.05, 4.69) is 56.0 Å². The summed E-state index contributed by atoms with van der Waals surface area (Å²) in [6, 6.07) is 17.4. The number of hydrogen-bond donors (Lipinski definition) is 4. The Bertz CT molecular complexity index is 2960. The van der Waals surface area contributed by atoms with E-state index in [1.165, 1.54) is 29.0 Å². The Morgan fingerprint density at radius 1 is 0.971 bits per heavy atom. The molecule has 368 valence electrons. The molecule has 2 saturated heterocycles. The fourth-order valence-corrected chi connectivity index (χ4v) is 11.6. The number of aromatic amines is 1. The van der Waals surface area contributed by atoms with Crippen LogP contribution in [-0.4, -0.2) is 137 Å². The van der Waals surface area contributed by atoms with Gasteiger partial charge in [-0.25, -0.2) is 27.9 Å². The van der Waals surface area contributed by atoms with Gasteiger partial charge in [0.1, 0.15) is 27.9 Å². The maximum atomic E-state index is 13.8. The molecule has 18 nitrogen and oxygen atoms in total. The minimum atomic E-state index is -5.07. The number of pyridine rings is 2. The van der Waals surface area contributed by atoms with Gasteiger partial charge in [0.15, 0.2) is 0 Å². The molecule has 4 N–H and O–H groups in total. The van der Waals surface area contributed by atoms with E-state index in [9.17, 15) is 26.4 Å². The average Bonchev–Trinajstić information content (AvgIpc) is 3.79. The third-order valence-corrected chi connectivity index (χ3v) is 16.2. The van der Waals surface area contributed by atoms with Gasteiger partial charge in [-0.05, 0) is 85.2 Å². The van der Waals surface area contributed by atoms with Crippen LogP contribution in [0, 0.1) is 5.41 Å². The van der Waals surface area contributed by atoms with Gasteiger partial charge in [0.05, 0.1) is 36.0 Å². The van der Waals surface area contributed by atoms with Gasteiger partial charge in [0.2, 0.25) is 0 Å². The number of aromatic nitrogens is 3. The van der Waals surface area contributed by atoms with Crippen molar-refractivity contribution in [2.75, 3.05) is 82.8 Å². The summed E-state index contributed by atoms with van der Waals surface area (Å²) in [4.78, 5) is 45.3. The maximum absolute atomic E-state index is 13.8. The number of amides is 3. The number of ether oxygens (including phenoxy) is 2. The first-order valence-electron chi connectivity index (χ1n) is 22.7. The highest BCUT2D eigenvalue weighted by Crippen LogP contribution is 2.43. The molecule has 0 bridgehead atoms. The lowest BCUT2D eigenvalue weighted by molar-refractivity contribution is -0.0108. The van der Waals surface area contributed by atoms with Crippen LogP contribution >= 0.6 is 23.2 Å². The van der Waals surface area contributed by atoms with Crippen molar-refractivity contribution >= 4 is 83.5 Å². The maximum Gasteiger partial charge on any atom is 0.319 e. The molecule has 1 unspecified atom stereocenters. The molecule has 69 heavy (non-hydrogen) atoms. The van der Waals surface area contributed by atoms with Crippen molar-refractivity contribution in [3.8, 4) is 11.5 Å². The number of carbonyl (C=O) groups excluding carboxylic acids is 2. The molecule has 5 aromatic rings. The number of rotatable bonds is 15. The van der Waals surface area contributed by atoms with Crippen LogP contribution in [0.4, 0.5) is 16.3 Å². The summed E-state index contributed by atoms with van der Waals surface area (Å²) >= 11 is 12.7. The van der Waals surface area contributed by atoms with Gasteiger partial charge in [-0.15, -0.1) is 0 Å². The van der Waals surface area contributed by atoms with Crippen LogP contribution in [0.15, 0.2) is 89.7 Å². The molecule has 5 heterocycles. The Hall–Kier alpha value is -5.48. The predicted octanol–water partition coefficient (Wildman–Crippen LogP) is 6.98.